The lowest BCUT2D eigenvalue weighted by Gasteiger charge is -1.98. The Morgan fingerprint density at radius 2 is 2.38 bits per heavy atom. The number of hydrogen-bond donors (Lipinski definition) is 3. The second-order valence-electron chi connectivity index (χ2n) is 2.63. The molecule has 0 aromatic carbocycles. The van der Waals surface area contributed by atoms with Crippen LogP contribution in [0.2, 0.25) is 0 Å². The number of thiophene rings is 1. The molecule has 1 amide bonds. The van der Waals surface area contributed by atoms with Crippen molar-refractivity contribution in [1.29, 1.82) is 0 Å². The molecule has 0 aliphatic rings. The molecule has 1 aromatic heterocycles. The van der Waals surface area contributed by atoms with E-state index in [4.69, 9.17) is 11.5 Å². The van der Waals surface area contributed by atoms with E-state index in [1.807, 2.05) is 0 Å². The van der Waals surface area contributed by atoms with Crippen molar-refractivity contribution in [2.24, 2.45) is 11.5 Å². The average Bonchev–Trinajstić information content (AvgIpc) is 2.53. The number of nitrogens with two attached hydrogens (primary N) is 2. The number of primary amides is 1. The van der Waals surface area contributed by atoms with E-state index in [9.17, 15) is 4.79 Å². The minimum absolute atomic E-state index is 0.374. The molecule has 0 atom stereocenters. The highest BCUT2D eigenvalue weighted by Gasteiger charge is 2.03. The van der Waals surface area contributed by atoms with Crippen LogP contribution in [0.1, 0.15) is 15.2 Å². The Kier molecular flexibility index (Phi) is 3.88. The van der Waals surface area contributed by atoms with Crippen LogP contribution in [0.3, 0.4) is 0 Å². The summed E-state index contributed by atoms with van der Waals surface area (Å²) in [6.07, 6.45) is 0. The molecular formula is C8H13N3OS. The van der Waals surface area contributed by atoms with Crippen LogP contribution in [0, 0.1) is 0 Å². The first kappa shape index (κ1) is 10.2. The molecule has 0 aliphatic carbocycles. The molecule has 0 saturated heterocycles. The molecule has 72 valence electrons. The summed E-state index contributed by atoms with van der Waals surface area (Å²) >= 11 is 1.52. The largest absolute Gasteiger partial charge is 0.366 e. The minimum Gasteiger partial charge on any atom is -0.366 e. The fourth-order valence-electron chi connectivity index (χ4n) is 0.916. The Morgan fingerprint density at radius 3 is 2.92 bits per heavy atom. The Morgan fingerprint density at radius 1 is 1.62 bits per heavy atom. The van der Waals surface area contributed by atoms with E-state index in [1.54, 1.807) is 11.4 Å². The summed E-state index contributed by atoms with van der Waals surface area (Å²) in [5, 5.41) is 4.90. The van der Waals surface area contributed by atoms with Crippen LogP contribution in [0.5, 0.6) is 0 Å². The minimum atomic E-state index is -0.374. The smallest absolute Gasteiger partial charge is 0.249 e. The van der Waals surface area contributed by atoms with Crippen molar-refractivity contribution in [1.82, 2.24) is 5.32 Å². The molecule has 0 spiro atoms. The fraction of sp³-hybridized carbons (Fsp3) is 0.375. The third kappa shape index (κ3) is 3.14. The normalized spacial score (nSPS) is 10.2. The standard InChI is InChI=1S/C8H13N3OS/c9-1-2-11-4-7-3-6(5-13-7)8(10)12/h3,5,11H,1-2,4,9H2,(H2,10,12). The number of hydrogen-bond acceptors (Lipinski definition) is 4. The van der Waals surface area contributed by atoms with Crippen LogP contribution in [0.15, 0.2) is 11.4 Å². The number of rotatable bonds is 5. The van der Waals surface area contributed by atoms with E-state index in [0.29, 0.717) is 12.1 Å². The highest BCUT2D eigenvalue weighted by Crippen LogP contribution is 2.13. The van der Waals surface area contributed by atoms with Crippen molar-refractivity contribution in [3.63, 3.8) is 0 Å². The van der Waals surface area contributed by atoms with Gasteiger partial charge in [-0.1, -0.05) is 0 Å². The molecule has 5 N–H and O–H groups in total. The summed E-state index contributed by atoms with van der Waals surface area (Å²) in [7, 11) is 0. The maximum Gasteiger partial charge on any atom is 0.249 e. The zero-order chi connectivity index (χ0) is 9.68. The van der Waals surface area contributed by atoms with E-state index in [-0.39, 0.29) is 5.91 Å². The Hall–Kier alpha value is -0.910. The lowest BCUT2D eigenvalue weighted by atomic mass is 10.3. The first-order valence-electron chi connectivity index (χ1n) is 4.02. The van der Waals surface area contributed by atoms with Crippen molar-refractivity contribution in [2.75, 3.05) is 13.1 Å². The predicted octanol–water partition coefficient (Wildman–Crippen LogP) is -0.105. The van der Waals surface area contributed by atoms with Gasteiger partial charge in [-0.05, 0) is 6.07 Å². The van der Waals surface area contributed by atoms with Crippen molar-refractivity contribution >= 4 is 17.2 Å². The van der Waals surface area contributed by atoms with Crippen LogP contribution in [0.4, 0.5) is 0 Å². The van der Waals surface area contributed by atoms with E-state index >= 15 is 0 Å². The number of carbonyl (C=O) groups is 1. The molecule has 0 unspecified atom stereocenters. The summed E-state index contributed by atoms with van der Waals surface area (Å²) in [6, 6.07) is 1.80. The van der Waals surface area contributed by atoms with Gasteiger partial charge in [-0.25, -0.2) is 0 Å². The maximum absolute atomic E-state index is 10.7. The number of nitrogens with one attached hydrogen (secondary N) is 1. The van der Waals surface area contributed by atoms with Gasteiger partial charge in [0, 0.05) is 29.9 Å². The number of amides is 1. The van der Waals surface area contributed by atoms with Gasteiger partial charge in [-0.2, -0.15) is 0 Å². The Balaban J connectivity index is 2.44. The summed E-state index contributed by atoms with van der Waals surface area (Å²) in [6.45, 7) is 2.15. The van der Waals surface area contributed by atoms with Gasteiger partial charge in [-0.15, -0.1) is 11.3 Å². The fourth-order valence-corrected chi connectivity index (χ4v) is 1.76. The van der Waals surface area contributed by atoms with Crippen molar-refractivity contribution in [3.8, 4) is 0 Å². The highest BCUT2D eigenvalue weighted by atomic mass is 32.1. The van der Waals surface area contributed by atoms with Crippen LogP contribution >= 0.6 is 11.3 Å². The zero-order valence-corrected chi connectivity index (χ0v) is 8.06. The lowest BCUT2D eigenvalue weighted by molar-refractivity contribution is 0.100. The molecule has 1 heterocycles. The van der Waals surface area contributed by atoms with Gasteiger partial charge in [-0.3, -0.25) is 4.79 Å². The molecule has 13 heavy (non-hydrogen) atoms. The van der Waals surface area contributed by atoms with Crippen LogP contribution < -0.4 is 16.8 Å². The second kappa shape index (κ2) is 4.96. The molecule has 0 bridgehead atoms. The predicted molar refractivity (Wildman–Crippen MR) is 53.6 cm³/mol. The summed E-state index contributed by atoms with van der Waals surface area (Å²) in [5.74, 6) is -0.374. The van der Waals surface area contributed by atoms with E-state index in [2.05, 4.69) is 5.32 Å². The van der Waals surface area contributed by atoms with E-state index in [0.717, 1.165) is 18.0 Å². The molecule has 1 rings (SSSR count). The topological polar surface area (TPSA) is 81.1 Å². The average molecular weight is 199 g/mol. The zero-order valence-electron chi connectivity index (χ0n) is 7.25. The SMILES string of the molecule is NCCNCc1cc(C(N)=O)cs1. The van der Waals surface area contributed by atoms with Crippen LogP contribution in [0.25, 0.3) is 0 Å². The Bertz CT molecular complexity index is 285. The van der Waals surface area contributed by atoms with Crippen molar-refractivity contribution in [2.45, 2.75) is 6.54 Å². The molecular weight excluding hydrogens is 186 g/mol. The van der Waals surface area contributed by atoms with Gasteiger partial charge >= 0.3 is 0 Å². The monoisotopic (exact) mass is 199 g/mol. The summed E-state index contributed by atoms with van der Waals surface area (Å²) in [5.41, 5.74) is 11.0. The van der Waals surface area contributed by atoms with Gasteiger partial charge in [0.15, 0.2) is 0 Å². The van der Waals surface area contributed by atoms with Gasteiger partial charge in [0.25, 0.3) is 0 Å². The quantitative estimate of drug-likeness (QED) is 0.579. The van der Waals surface area contributed by atoms with Gasteiger partial charge in [0.1, 0.15) is 0 Å². The molecule has 0 fully saturated rings. The van der Waals surface area contributed by atoms with E-state index in [1.165, 1.54) is 11.3 Å². The molecule has 0 aliphatic heterocycles. The molecule has 4 nitrogen and oxygen atoms in total. The van der Waals surface area contributed by atoms with Crippen molar-refractivity contribution < 1.29 is 4.79 Å². The maximum atomic E-state index is 10.7. The number of carbonyl (C=O) groups excluding carboxylic acids is 1. The molecule has 1 aromatic rings. The van der Waals surface area contributed by atoms with Crippen molar-refractivity contribution in [3.05, 3.63) is 21.9 Å². The van der Waals surface area contributed by atoms with Gasteiger partial charge in [0.2, 0.25) is 5.91 Å². The first-order chi connectivity index (χ1) is 6.24. The third-order valence-electron chi connectivity index (χ3n) is 1.56. The van der Waals surface area contributed by atoms with Gasteiger partial charge in [0.05, 0.1) is 5.56 Å². The summed E-state index contributed by atoms with van der Waals surface area (Å²) in [4.78, 5) is 11.8. The highest BCUT2D eigenvalue weighted by molar-refractivity contribution is 7.10. The molecule has 0 saturated carbocycles. The van der Waals surface area contributed by atoms with Gasteiger partial charge < -0.3 is 16.8 Å². The van der Waals surface area contributed by atoms with E-state index < -0.39 is 0 Å². The summed E-state index contributed by atoms with van der Waals surface area (Å²) < 4.78 is 0. The Labute approximate surface area is 80.9 Å². The lowest BCUT2D eigenvalue weighted by Crippen LogP contribution is -2.21. The molecule has 0 radical (unpaired) electrons. The van der Waals surface area contributed by atoms with Crippen LogP contribution in [-0.4, -0.2) is 19.0 Å². The first-order valence-corrected chi connectivity index (χ1v) is 4.90. The van der Waals surface area contributed by atoms with Crippen LogP contribution in [-0.2, 0) is 6.54 Å². The molecule has 5 heteroatoms. The second-order valence-corrected chi connectivity index (χ2v) is 3.63. The third-order valence-corrected chi connectivity index (χ3v) is 2.50.